The SMILES string of the molecule is Cl.N[C@@H]1CCN(c2ccc(F)cc2)C1. The molecule has 4 heteroatoms. The Bertz CT molecular complexity index is 289. The van der Waals surface area contributed by atoms with E-state index in [1.54, 1.807) is 12.1 Å². The molecule has 0 radical (unpaired) electrons. The van der Waals surface area contributed by atoms with Gasteiger partial charge in [-0.15, -0.1) is 12.4 Å². The maximum Gasteiger partial charge on any atom is 0.123 e. The highest BCUT2D eigenvalue weighted by Gasteiger charge is 2.18. The maximum absolute atomic E-state index is 12.6. The summed E-state index contributed by atoms with van der Waals surface area (Å²) in [6.07, 6.45) is 1.03. The highest BCUT2D eigenvalue weighted by Crippen LogP contribution is 2.19. The molecule has 2 rings (SSSR count). The number of hydrogen-bond donors (Lipinski definition) is 1. The third-order valence-electron chi connectivity index (χ3n) is 2.42. The fourth-order valence-electron chi connectivity index (χ4n) is 1.67. The topological polar surface area (TPSA) is 29.3 Å². The molecule has 2 nitrogen and oxygen atoms in total. The number of halogens is 2. The second-order valence-corrected chi connectivity index (χ2v) is 3.47. The van der Waals surface area contributed by atoms with Gasteiger partial charge in [0, 0.05) is 24.8 Å². The molecule has 0 aliphatic carbocycles. The predicted octanol–water partition coefficient (Wildman–Crippen LogP) is 1.78. The van der Waals surface area contributed by atoms with Gasteiger partial charge in [-0.25, -0.2) is 4.39 Å². The molecule has 0 aromatic heterocycles. The van der Waals surface area contributed by atoms with Gasteiger partial charge in [-0.2, -0.15) is 0 Å². The minimum atomic E-state index is -0.188. The second-order valence-electron chi connectivity index (χ2n) is 3.47. The molecule has 1 fully saturated rings. The first-order valence-electron chi connectivity index (χ1n) is 4.52. The number of rotatable bonds is 1. The van der Waals surface area contributed by atoms with Crippen molar-refractivity contribution in [2.24, 2.45) is 5.73 Å². The summed E-state index contributed by atoms with van der Waals surface area (Å²) >= 11 is 0. The van der Waals surface area contributed by atoms with Gasteiger partial charge in [0.1, 0.15) is 5.82 Å². The van der Waals surface area contributed by atoms with Gasteiger partial charge >= 0.3 is 0 Å². The van der Waals surface area contributed by atoms with Gasteiger partial charge in [0.15, 0.2) is 0 Å². The standard InChI is InChI=1S/C10H13FN2.ClH/c11-8-1-3-10(4-2-8)13-6-5-9(12)7-13;/h1-4,9H,5-7,12H2;1H/t9-;/m1./s1. The van der Waals surface area contributed by atoms with Crippen molar-refractivity contribution >= 4 is 18.1 Å². The van der Waals surface area contributed by atoms with E-state index in [9.17, 15) is 4.39 Å². The third kappa shape index (κ3) is 2.36. The lowest BCUT2D eigenvalue weighted by atomic mass is 10.3. The highest BCUT2D eigenvalue weighted by molar-refractivity contribution is 5.85. The number of nitrogens with zero attached hydrogens (tertiary/aromatic N) is 1. The van der Waals surface area contributed by atoms with Crippen LogP contribution in [0.5, 0.6) is 0 Å². The molecule has 0 saturated carbocycles. The lowest BCUT2D eigenvalue weighted by Gasteiger charge is -2.17. The summed E-state index contributed by atoms with van der Waals surface area (Å²) in [6.45, 7) is 1.86. The summed E-state index contributed by atoms with van der Waals surface area (Å²) in [5, 5.41) is 0. The number of benzene rings is 1. The van der Waals surface area contributed by atoms with Gasteiger partial charge in [-0.1, -0.05) is 0 Å². The minimum absolute atomic E-state index is 0. The Balaban J connectivity index is 0.000000980. The van der Waals surface area contributed by atoms with E-state index in [0.29, 0.717) is 0 Å². The first kappa shape index (κ1) is 11.3. The molecule has 0 bridgehead atoms. The van der Waals surface area contributed by atoms with E-state index < -0.39 is 0 Å². The number of hydrogen-bond acceptors (Lipinski definition) is 2. The average Bonchev–Trinajstić information content (AvgIpc) is 2.53. The van der Waals surface area contributed by atoms with E-state index in [4.69, 9.17) is 5.73 Å². The molecule has 1 aliphatic heterocycles. The van der Waals surface area contributed by atoms with Crippen molar-refractivity contribution in [3.8, 4) is 0 Å². The van der Waals surface area contributed by atoms with Gasteiger partial charge < -0.3 is 10.6 Å². The Morgan fingerprint density at radius 3 is 2.43 bits per heavy atom. The van der Waals surface area contributed by atoms with Crippen molar-refractivity contribution < 1.29 is 4.39 Å². The van der Waals surface area contributed by atoms with Crippen LogP contribution in [0.4, 0.5) is 10.1 Å². The Morgan fingerprint density at radius 1 is 1.29 bits per heavy atom. The highest BCUT2D eigenvalue weighted by atomic mass is 35.5. The summed E-state index contributed by atoms with van der Waals surface area (Å²) in [7, 11) is 0. The summed E-state index contributed by atoms with van der Waals surface area (Å²) in [6, 6.07) is 6.84. The smallest absolute Gasteiger partial charge is 0.123 e. The van der Waals surface area contributed by atoms with Crippen molar-refractivity contribution in [3.63, 3.8) is 0 Å². The maximum atomic E-state index is 12.6. The molecule has 0 spiro atoms. The zero-order chi connectivity index (χ0) is 9.26. The molecule has 1 atom stereocenters. The number of anilines is 1. The molecular formula is C10H14ClFN2. The van der Waals surface area contributed by atoms with Crippen LogP contribution in [0.1, 0.15) is 6.42 Å². The number of nitrogens with two attached hydrogens (primary N) is 1. The second kappa shape index (κ2) is 4.62. The Labute approximate surface area is 89.3 Å². The van der Waals surface area contributed by atoms with Crippen LogP contribution in [0.3, 0.4) is 0 Å². The summed E-state index contributed by atoms with van der Waals surface area (Å²) in [5.41, 5.74) is 6.84. The van der Waals surface area contributed by atoms with E-state index in [1.807, 2.05) is 0 Å². The largest absolute Gasteiger partial charge is 0.370 e. The Hall–Kier alpha value is -0.800. The average molecular weight is 217 g/mol. The minimum Gasteiger partial charge on any atom is -0.370 e. The van der Waals surface area contributed by atoms with E-state index >= 15 is 0 Å². The molecule has 1 aromatic carbocycles. The molecular weight excluding hydrogens is 203 g/mol. The van der Waals surface area contributed by atoms with Crippen molar-refractivity contribution in [1.82, 2.24) is 0 Å². The predicted molar refractivity (Wildman–Crippen MR) is 58.5 cm³/mol. The molecule has 0 amide bonds. The molecule has 1 aliphatic rings. The van der Waals surface area contributed by atoms with Crippen LogP contribution in [0.25, 0.3) is 0 Å². The molecule has 14 heavy (non-hydrogen) atoms. The summed E-state index contributed by atoms with van der Waals surface area (Å²) < 4.78 is 12.6. The normalized spacial score (nSPS) is 20.7. The van der Waals surface area contributed by atoms with E-state index in [-0.39, 0.29) is 24.3 Å². The zero-order valence-corrected chi connectivity index (χ0v) is 8.64. The van der Waals surface area contributed by atoms with Crippen molar-refractivity contribution in [2.75, 3.05) is 18.0 Å². The Kier molecular flexibility index (Phi) is 3.72. The molecule has 78 valence electrons. The van der Waals surface area contributed by atoms with Crippen LogP contribution in [0.2, 0.25) is 0 Å². The molecule has 1 heterocycles. The molecule has 1 aromatic rings. The van der Waals surface area contributed by atoms with Gasteiger partial charge in [0.25, 0.3) is 0 Å². The first-order chi connectivity index (χ1) is 6.25. The van der Waals surface area contributed by atoms with Crippen molar-refractivity contribution in [1.29, 1.82) is 0 Å². The monoisotopic (exact) mass is 216 g/mol. The fraction of sp³-hybridized carbons (Fsp3) is 0.400. The van der Waals surface area contributed by atoms with Crippen molar-refractivity contribution in [3.05, 3.63) is 30.1 Å². The summed E-state index contributed by atoms with van der Waals surface area (Å²) in [4.78, 5) is 2.18. The van der Waals surface area contributed by atoms with Crippen LogP contribution >= 0.6 is 12.4 Å². The van der Waals surface area contributed by atoms with Crippen LogP contribution in [-0.4, -0.2) is 19.1 Å². The molecule has 1 saturated heterocycles. The van der Waals surface area contributed by atoms with Crippen LogP contribution < -0.4 is 10.6 Å². The molecule has 2 N–H and O–H groups in total. The zero-order valence-electron chi connectivity index (χ0n) is 7.82. The van der Waals surface area contributed by atoms with Gasteiger partial charge in [0.05, 0.1) is 0 Å². The van der Waals surface area contributed by atoms with Crippen LogP contribution in [0.15, 0.2) is 24.3 Å². The van der Waals surface area contributed by atoms with Gasteiger partial charge in [0.2, 0.25) is 0 Å². The lowest BCUT2D eigenvalue weighted by Crippen LogP contribution is -2.26. The Morgan fingerprint density at radius 2 is 1.93 bits per heavy atom. The van der Waals surface area contributed by atoms with Crippen LogP contribution in [0, 0.1) is 5.82 Å². The fourth-order valence-corrected chi connectivity index (χ4v) is 1.67. The third-order valence-corrected chi connectivity index (χ3v) is 2.42. The summed E-state index contributed by atoms with van der Waals surface area (Å²) in [5.74, 6) is -0.188. The van der Waals surface area contributed by atoms with E-state index in [2.05, 4.69) is 4.90 Å². The lowest BCUT2D eigenvalue weighted by molar-refractivity contribution is 0.627. The molecule has 0 unspecified atom stereocenters. The van der Waals surface area contributed by atoms with E-state index in [1.165, 1.54) is 12.1 Å². The van der Waals surface area contributed by atoms with Gasteiger partial charge in [-0.05, 0) is 30.7 Å². The first-order valence-corrected chi connectivity index (χ1v) is 4.52. The quantitative estimate of drug-likeness (QED) is 0.776. The van der Waals surface area contributed by atoms with Gasteiger partial charge in [-0.3, -0.25) is 0 Å². The van der Waals surface area contributed by atoms with E-state index in [0.717, 1.165) is 25.2 Å². The van der Waals surface area contributed by atoms with Crippen molar-refractivity contribution in [2.45, 2.75) is 12.5 Å². The van der Waals surface area contributed by atoms with Crippen LogP contribution in [-0.2, 0) is 0 Å².